The van der Waals surface area contributed by atoms with Crippen LogP contribution in [0.2, 0.25) is 0 Å². The molecule has 0 saturated carbocycles. The van der Waals surface area contributed by atoms with Crippen LogP contribution in [0, 0.1) is 5.41 Å². The highest BCUT2D eigenvalue weighted by molar-refractivity contribution is 6.04. The summed E-state index contributed by atoms with van der Waals surface area (Å²) in [5.74, 6) is -0.151. The number of carbonyl (C=O) groups excluding carboxylic acids is 2. The summed E-state index contributed by atoms with van der Waals surface area (Å²) in [4.78, 5) is 32.0. The first-order valence-corrected chi connectivity index (χ1v) is 9.25. The highest BCUT2D eigenvalue weighted by Gasteiger charge is 2.42. The average Bonchev–Trinajstić information content (AvgIpc) is 2.65. The summed E-state index contributed by atoms with van der Waals surface area (Å²) in [6.07, 6.45) is 0. The normalized spacial score (nSPS) is 15.9. The van der Waals surface area contributed by atoms with Crippen LogP contribution in [0.5, 0.6) is 0 Å². The van der Waals surface area contributed by atoms with E-state index in [1.807, 2.05) is 42.2 Å². The lowest BCUT2D eigenvalue weighted by molar-refractivity contribution is -0.155. The first-order valence-electron chi connectivity index (χ1n) is 9.25. The zero-order chi connectivity index (χ0) is 18.4. The number of likely N-dealkylation sites (N-methyl/N-ethyl adjacent to an activating group) is 1. The first-order chi connectivity index (χ1) is 11.9. The lowest BCUT2D eigenvalue weighted by Gasteiger charge is -2.39. The number of carbonyl (C=O) groups is 2. The molecule has 0 bridgehead atoms. The van der Waals surface area contributed by atoms with E-state index >= 15 is 0 Å². The molecule has 1 aromatic rings. The molecule has 0 aliphatic carbocycles. The van der Waals surface area contributed by atoms with Gasteiger partial charge in [-0.2, -0.15) is 0 Å². The predicted molar refractivity (Wildman–Crippen MR) is 100 cm³/mol. The SMILES string of the molecule is CCN1CCN(C(=O)C(C)(C)C(=O)N(CC)Cc2ccccc2)CC1. The Hall–Kier alpha value is -1.88. The van der Waals surface area contributed by atoms with Gasteiger partial charge >= 0.3 is 0 Å². The summed E-state index contributed by atoms with van der Waals surface area (Å²) >= 11 is 0. The topological polar surface area (TPSA) is 43.9 Å². The van der Waals surface area contributed by atoms with Crippen LogP contribution in [0.1, 0.15) is 33.3 Å². The molecule has 25 heavy (non-hydrogen) atoms. The third kappa shape index (κ3) is 4.60. The standard InChI is InChI=1S/C20H31N3O2/c1-5-21-12-14-23(15-13-21)19(25)20(3,4)18(24)22(6-2)16-17-10-8-7-9-11-17/h7-11H,5-6,12-16H2,1-4H3. The molecule has 0 N–H and O–H groups in total. The van der Waals surface area contributed by atoms with Crippen LogP contribution in [0.25, 0.3) is 0 Å². The van der Waals surface area contributed by atoms with Crippen LogP contribution in [-0.4, -0.2) is 65.8 Å². The van der Waals surface area contributed by atoms with Crippen molar-refractivity contribution < 1.29 is 9.59 Å². The summed E-state index contributed by atoms with van der Waals surface area (Å²) in [5, 5.41) is 0. The van der Waals surface area contributed by atoms with E-state index in [0.29, 0.717) is 26.2 Å². The summed E-state index contributed by atoms with van der Waals surface area (Å²) < 4.78 is 0. The van der Waals surface area contributed by atoms with Crippen molar-refractivity contribution in [1.29, 1.82) is 0 Å². The number of hydrogen-bond donors (Lipinski definition) is 0. The Morgan fingerprint density at radius 3 is 2.16 bits per heavy atom. The molecule has 1 heterocycles. The van der Waals surface area contributed by atoms with Crippen LogP contribution in [0.15, 0.2) is 30.3 Å². The molecule has 5 nitrogen and oxygen atoms in total. The second-order valence-electron chi connectivity index (χ2n) is 7.16. The van der Waals surface area contributed by atoms with E-state index in [4.69, 9.17) is 0 Å². The highest BCUT2D eigenvalue weighted by atomic mass is 16.2. The summed E-state index contributed by atoms with van der Waals surface area (Å²) in [6.45, 7) is 12.9. The molecule has 0 unspecified atom stereocenters. The van der Waals surface area contributed by atoms with Gasteiger partial charge in [0, 0.05) is 39.3 Å². The summed E-state index contributed by atoms with van der Waals surface area (Å²) in [7, 11) is 0. The zero-order valence-corrected chi connectivity index (χ0v) is 16.0. The fourth-order valence-corrected chi connectivity index (χ4v) is 3.28. The lowest BCUT2D eigenvalue weighted by atomic mass is 9.89. The third-order valence-corrected chi connectivity index (χ3v) is 5.06. The smallest absolute Gasteiger partial charge is 0.237 e. The van der Waals surface area contributed by atoms with Crippen LogP contribution in [0.4, 0.5) is 0 Å². The van der Waals surface area contributed by atoms with Crippen LogP contribution in [-0.2, 0) is 16.1 Å². The van der Waals surface area contributed by atoms with Crippen LogP contribution in [0.3, 0.4) is 0 Å². The summed E-state index contributed by atoms with van der Waals surface area (Å²) in [6, 6.07) is 9.92. The van der Waals surface area contributed by atoms with E-state index in [0.717, 1.165) is 25.2 Å². The van der Waals surface area contributed by atoms with Crippen molar-refractivity contribution in [3.63, 3.8) is 0 Å². The molecular formula is C20H31N3O2. The number of benzene rings is 1. The van der Waals surface area contributed by atoms with Gasteiger partial charge in [0.2, 0.25) is 11.8 Å². The maximum atomic E-state index is 13.1. The van der Waals surface area contributed by atoms with Crippen molar-refractivity contribution >= 4 is 11.8 Å². The molecule has 2 rings (SSSR count). The van der Waals surface area contributed by atoms with Gasteiger partial charge in [-0.25, -0.2) is 0 Å². The molecule has 138 valence electrons. The van der Waals surface area contributed by atoms with E-state index in [-0.39, 0.29) is 11.8 Å². The molecule has 2 amide bonds. The minimum absolute atomic E-state index is 0.0558. The van der Waals surface area contributed by atoms with Crippen molar-refractivity contribution in [3.05, 3.63) is 35.9 Å². The van der Waals surface area contributed by atoms with Crippen LogP contribution >= 0.6 is 0 Å². The Labute approximate surface area is 151 Å². The van der Waals surface area contributed by atoms with E-state index in [1.165, 1.54) is 0 Å². The maximum Gasteiger partial charge on any atom is 0.237 e. The highest BCUT2D eigenvalue weighted by Crippen LogP contribution is 2.24. The van der Waals surface area contributed by atoms with Gasteiger partial charge in [0.05, 0.1) is 0 Å². The zero-order valence-electron chi connectivity index (χ0n) is 16.0. The Morgan fingerprint density at radius 1 is 1.04 bits per heavy atom. The molecular weight excluding hydrogens is 314 g/mol. The first kappa shape index (κ1) is 19.4. The van der Waals surface area contributed by atoms with Gasteiger partial charge in [-0.3, -0.25) is 9.59 Å². The quantitative estimate of drug-likeness (QED) is 0.743. The van der Waals surface area contributed by atoms with Crippen molar-refractivity contribution in [1.82, 2.24) is 14.7 Å². The summed E-state index contributed by atoms with van der Waals surface area (Å²) in [5.41, 5.74) is 0.0524. The number of amides is 2. The molecule has 1 aromatic carbocycles. The minimum Gasteiger partial charge on any atom is -0.339 e. The molecule has 1 saturated heterocycles. The molecule has 0 aromatic heterocycles. The van der Waals surface area contributed by atoms with E-state index in [1.54, 1.807) is 18.7 Å². The van der Waals surface area contributed by atoms with Gasteiger partial charge in [0.25, 0.3) is 0 Å². The van der Waals surface area contributed by atoms with Crippen molar-refractivity contribution in [2.45, 2.75) is 34.2 Å². The third-order valence-electron chi connectivity index (χ3n) is 5.06. The number of nitrogens with zero attached hydrogens (tertiary/aromatic N) is 3. The number of piperazine rings is 1. The fraction of sp³-hybridized carbons (Fsp3) is 0.600. The van der Waals surface area contributed by atoms with E-state index in [2.05, 4.69) is 11.8 Å². The van der Waals surface area contributed by atoms with Gasteiger partial charge in [0.1, 0.15) is 5.41 Å². The van der Waals surface area contributed by atoms with Crippen LogP contribution < -0.4 is 0 Å². The molecule has 0 atom stereocenters. The van der Waals surface area contributed by atoms with Crippen molar-refractivity contribution in [3.8, 4) is 0 Å². The Balaban J connectivity index is 2.05. The van der Waals surface area contributed by atoms with Gasteiger partial charge in [-0.05, 0) is 32.9 Å². The second-order valence-corrected chi connectivity index (χ2v) is 7.16. The largest absolute Gasteiger partial charge is 0.339 e. The fourth-order valence-electron chi connectivity index (χ4n) is 3.28. The van der Waals surface area contributed by atoms with Gasteiger partial charge in [-0.15, -0.1) is 0 Å². The molecule has 1 fully saturated rings. The second kappa shape index (κ2) is 8.48. The number of hydrogen-bond acceptors (Lipinski definition) is 3. The minimum atomic E-state index is -1.03. The number of rotatable bonds is 6. The van der Waals surface area contributed by atoms with E-state index in [9.17, 15) is 9.59 Å². The predicted octanol–water partition coefficient (Wildman–Crippen LogP) is 2.23. The van der Waals surface area contributed by atoms with Gasteiger partial charge < -0.3 is 14.7 Å². The van der Waals surface area contributed by atoms with Crippen molar-refractivity contribution in [2.24, 2.45) is 5.41 Å². The van der Waals surface area contributed by atoms with Crippen molar-refractivity contribution in [2.75, 3.05) is 39.3 Å². The Morgan fingerprint density at radius 2 is 1.64 bits per heavy atom. The van der Waals surface area contributed by atoms with E-state index < -0.39 is 5.41 Å². The Kier molecular flexibility index (Phi) is 6.59. The molecule has 1 aliphatic rings. The Bertz CT molecular complexity index is 578. The molecule has 0 spiro atoms. The molecule has 0 radical (unpaired) electrons. The maximum absolute atomic E-state index is 13.1. The van der Waals surface area contributed by atoms with Gasteiger partial charge in [-0.1, -0.05) is 37.3 Å². The monoisotopic (exact) mass is 345 g/mol. The lowest BCUT2D eigenvalue weighted by Crippen LogP contribution is -2.55. The molecule has 5 heteroatoms. The van der Waals surface area contributed by atoms with Gasteiger partial charge in [0.15, 0.2) is 0 Å². The molecule has 1 aliphatic heterocycles. The average molecular weight is 345 g/mol.